The molecule has 0 aliphatic carbocycles. The van der Waals surface area contributed by atoms with Gasteiger partial charge in [0.15, 0.2) is 0 Å². The van der Waals surface area contributed by atoms with E-state index in [0.29, 0.717) is 17.8 Å². The molecular weight excluding hydrogens is 264 g/mol. The summed E-state index contributed by atoms with van der Waals surface area (Å²) in [5.41, 5.74) is 0.191. The normalized spacial score (nSPS) is 10.8. The third kappa shape index (κ3) is 4.96. The summed E-state index contributed by atoms with van der Waals surface area (Å²) in [4.78, 5) is 21.6. The second kappa shape index (κ2) is 6.75. The van der Waals surface area contributed by atoms with Gasteiger partial charge in [0.05, 0.1) is 11.7 Å². The van der Waals surface area contributed by atoms with E-state index < -0.39 is 17.6 Å². The zero-order chi connectivity index (χ0) is 13.5. The number of carbonyl (C=O) groups is 2. The first-order chi connectivity index (χ1) is 8.49. The third-order valence-corrected chi connectivity index (χ3v) is 2.52. The van der Waals surface area contributed by atoms with E-state index >= 15 is 0 Å². The molecule has 0 unspecified atom stereocenters. The number of anilines is 1. The summed E-state index contributed by atoms with van der Waals surface area (Å²) in [5.74, 6) is -4.86. The molecule has 7 heteroatoms. The number of halogens is 2. The minimum atomic E-state index is -2.61. The Labute approximate surface area is 106 Å². The summed E-state index contributed by atoms with van der Waals surface area (Å²) in [6, 6.07) is 5.98. The highest BCUT2D eigenvalue weighted by Crippen LogP contribution is 2.31. The smallest absolute Gasteiger partial charge is 0.288 e. The number of carboxylic acids is 1. The fourth-order valence-electron chi connectivity index (χ4n) is 1.09. The lowest BCUT2D eigenvalue weighted by Gasteiger charge is -2.08. The number of hydrogen-bond acceptors (Lipinski definition) is 4. The minimum absolute atomic E-state index is 0.191. The SMILES string of the molecule is O=C([O-])/C=C/C(=O)Nc1ccccc1SC(F)F. The molecule has 1 amide bonds. The van der Waals surface area contributed by atoms with Crippen LogP contribution in [0.15, 0.2) is 41.3 Å². The highest BCUT2D eigenvalue weighted by molar-refractivity contribution is 7.99. The van der Waals surface area contributed by atoms with E-state index in [9.17, 15) is 23.5 Å². The molecule has 0 heterocycles. The lowest BCUT2D eigenvalue weighted by Crippen LogP contribution is -2.20. The second-order valence-electron chi connectivity index (χ2n) is 3.02. The van der Waals surface area contributed by atoms with Crippen molar-refractivity contribution in [2.75, 3.05) is 5.32 Å². The van der Waals surface area contributed by atoms with Gasteiger partial charge in [0.1, 0.15) is 0 Å². The van der Waals surface area contributed by atoms with Crippen LogP contribution in [0.4, 0.5) is 14.5 Å². The number of carboxylic acid groups (broad SMARTS) is 1. The first kappa shape index (κ1) is 14.2. The molecule has 0 saturated carbocycles. The van der Waals surface area contributed by atoms with Crippen LogP contribution in [0.25, 0.3) is 0 Å². The number of alkyl halides is 2. The average Bonchev–Trinajstić information content (AvgIpc) is 2.28. The second-order valence-corrected chi connectivity index (χ2v) is 4.05. The van der Waals surface area contributed by atoms with Crippen molar-refractivity contribution in [2.24, 2.45) is 0 Å². The Hall–Kier alpha value is -1.89. The minimum Gasteiger partial charge on any atom is -0.545 e. The maximum Gasteiger partial charge on any atom is 0.288 e. The molecule has 0 atom stereocenters. The zero-order valence-electron chi connectivity index (χ0n) is 8.93. The van der Waals surface area contributed by atoms with Crippen LogP contribution in [0.1, 0.15) is 0 Å². The lowest BCUT2D eigenvalue weighted by atomic mass is 10.3. The molecule has 1 aromatic carbocycles. The maximum absolute atomic E-state index is 12.2. The van der Waals surface area contributed by atoms with E-state index in [2.05, 4.69) is 5.32 Å². The highest BCUT2D eigenvalue weighted by Gasteiger charge is 2.10. The molecule has 1 rings (SSSR count). The summed E-state index contributed by atoms with van der Waals surface area (Å²) < 4.78 is 24.5. The van der Waals surface area contributed by atoms with E-state index in [4.69, 9.17) is 0 Å². The molecule has 18 heavy (non-hydrogen) atoms. The van der Waals surface area contributed by atoms with Crippen LogP contribution in [0.3, 0.4) is 0 Å². The predicted octanol–water partition coefficient (Wildman–Crippen LogP) is 1.25. The van der Waals surface area contributed by atoms with E-state index in [0.717, 1.165) is 6.08 Å². The summed E-state index contributed by atoms with van der Waals surface area (Å²) in [6.45, 7) is 0. The largest absolute Gasteiger partial charge is 0.545 e. The van der Waals surface area contributed by atoms with Gasteiger partial charge >= 0.3 is 0 Å². The van der Waals surface area contributed by atoms with Crippen molar-refractivity contribution in [1.29, 1.82) is 0 Å². The Morgan fingerprint density at radius 3 is 2.56 bits per heavy atom. The van der Waals surface area contributed by atoms with Crippen molar-refractivity contribution in [3.63, 3.8) is 0 Å². The average molecular weight is 272 g/mol. The van der Waals surface area contributed by atoms with Crippen molar-refractivity contribution in [2.45, 2.75) is 10.7 Å². The van der Waals surface area contributed by atoms with Crippen molar-refractivity contribution in [1.82, 2.24) is 0 Å². The molecular formula is C11H8F2NO3S-. The summed E-state index contributed by atoms with van der Waals surface area (Å²) >= 11 is 0.291. The molecule has 0 aliphatic heterocycles. The van der Waals surface area contributed by atoms with Gasteiger partial charge in [-0.3, -0.25) is 4.79 Å². The standard InChI is InChI=1S/C11H9F2NO3S/c12-11(13)18-8-4-2-1-3-7(8)14-9(15)5-6-10(16)17/h1-6,11H,(H,14,15)(H,16,17)/p-1/b6-5+. The van der Waals surface area contributed by atoms with Crippen LogP contribution >= 0.6 is 11.8 Å². The first-order valence-corrected chi connectivity index (χ1v) is 5.61. The van der Waals surface area contributed by atoms with E-state index in [-0.39, 0.29) is 10.6 Å². The van der Waals surface area contributed by atoms with Gasteiger partial charge < -0.3 is 15.2 Å². The van der Waals surface area contributed by atoms with Crippen molar-refractivity contribution in [3.05, 3.63) is 36.4 Å². The fourth-order valence-corrected chi connectivity index (χ4v) is 1.68. The molecule has 0 saturated heterocycles. The predicted molar refractivity (Wildman–Crippen MR) is 61.1 cm³/mol. The van der Waals surface area contributed by atoms with Gasteiger partial charge in [-0.25, -0.2) is 0 Å². The molecule has 0 bridgehead atoms. The Morgan fingerprint density at radius 2 is 1.94 bits per heavy atom. The van der Waals surface area contributed by atoms with Crippen molar-refractivity contribution < 1.29 is 23.5 Å². The van der Waals surface area contributed by atoms with Crippen molar-refractivity contribution in [3.8, 4) is 0 Å². The Bertz CT molecular complexity index is 477. The van der Waals surface area contributed by atoms with Gasteiger partial charge in [-0.15, -0.1) is 0 Å². The van der Waals surface area contributed by atoms with Gasteiger partial charge in [0.2, 0.25) is 5.91 Å². The Balaban J connectivity index is 2.77. The van der Waals surface area contributed by atoms with Crippen molar-refractivity contribution >= 4 is 29.3 Å². The number of aliphatic carboxylic acids is 1. The van der Waals surface area contributed by atoms with Gasteiger partial charge in [0.25, 0.3) is 5.76 Å². The van der Waals surface area contributed by atoms with Crippen LogP contribution in [0.5, 0.6) is 0 Å². The Kier molecular flexibility index (Phi) is 5.31. The van der Waals surface area contributed by atoms with Gasteiger partial charge in [-0.05, 0) is 18.2 Å². The lowest BCUT2D eigenvalue weighted by molar-refractivity contribution is -0.297. The molecule has 0 spiro atoms. The maximum atomic E-state index is 12.2. The highest BCUT2D eigenvalue weighted by atomic mass is 32.2. The zero-order valence-corrected chi connectivity index (χ0v) is 9.75. The van der Waals surface area contributed by atoms with Gasteiger partial charge in [0, 0.05) is 11.0 Å². The molecule has 96 valence electrons. The number of thioether (sulfide) groups is 1. The number of carbonyl (C=O) groups excluding carboxylic acids is 2. The number of amides is 1. The number of nitrogens with one attached hydrogen (secondary N) is 1. The molecule has 4 nitrogen and oxygen atoms in total. The van der Waals surface area contributed by atoms with E-state index in [1.807, 2.05) is 0 Å². The topological polar surface area (TPSA) is 69.2 Å². The van der Waals surface area contributed by atoms with Crippen LogP contribution in [-0.2, 0) is 9.59 Å². The third-order valence-electron chi connectivity index (χ3n) is 1.73. The number of rotatable bonds is 5. The molecule has 0 fully saturated rings. The van der Waals surface area contributed by atoms with Gasteiger partial charge in [-0.2, -0.15) is 8.78 Å². The quantitative estimate of drug-likeness (QED) is 0.647. The molecule has 1 N–H and O–H groups in total. The van der Waals surface area contributed by atoms with E-state index in [1.54, 1.807) is 12.1 Å². The molecule has 1 aromatic rings. The molecule has 0 aromatic heterocycles. The monoisotopic (exact) mass is 272 g/mol. The van der Waals surface area contributed by atoms with Crippen LogP contribution in [-0.4, -0.2) is 17.6 Å². The fraction of sp³-hybridized carbons (Fsp3) is 0.0909. The van der Waals surface area contributed by atoms with E-state index in [1.165, 1.54) is 12.1 Å². The molecule has 0 aliphatic rings. The van der Waals surface area contributed by atoms with Crippen LogP contribution in [0.2, 0.25) is 0 Å². The van der Waals surface area contributed by atoms with Crippen LogP contribution in [0, 0.1) is 0 Å². The first-order valence-electron chi connectivity index (χ1n) is 4.73. The van der Waals surface area contributed by atoms with Gasteiger partial charge in [-0.1, -0.05) is 23.9 Å². The summed E-state index contributed by atoms with van der Waals surface area (Å²) in [6.07, 6.45) is 1.30. The number of hydrogen-bond donors (Lipinski definition) is 1. The Morgan fingerprint density at radius 1 is 1.28 bits per heavy atom. The number of para-hydroxylation sites is 1. The summed E-state index contributed by atoms with van der Waals surface area (Å²) in [5, 5.41) is 12.4. The summed E-state index contributed by atoms with van der Waals surface area (Å²) in [7, 11) is 0. The number of benzene rings is 1. The molecule has 0 radical (unpaired) electrons. The van der Waals surface area contributed by atoms with Crippen LogP contribution < -0.4 is 10.4 Å².